The van der Waals surface area contributed by atoms with E-state index in [-0.39, 0.29) is 12.4 Å². The van der Waals surface area contributed by atoms with Crippen LogP contribution in [0.15, 0.2) is 22.7 Å². The Morgan fingerprint density at radius 3 is 2.56 bits per heavy atom. The van der Waals surface area contributed by atoms with Gasteiger partial charge in [-0.15, -0.1) is 0 Å². The number of carbonyl (C=O) groups is 1. The largest absolute Gasteiger partial charge is 0.466 e. The molecule has 0 aliphatic carbocycles. The van der Waals surface area contributed by atoms with Gasteiger partial charge in [0.25, 0.3) is 0 Å². The number of benzene rings is 1. The maximum atomic E-state index is 12.4. The fourth-order valence-corrected chi connectivity index (χ4v) is 1.97. The van der Waals surface area contributed by atoms with Crippen LogP contribution in [0.2, 0.25) is 0 Å². The molecule has 0 amide bonds. The van der Waals surface area contributed by atoms with Crippen LogP contribution in [0.25, 0.3) is 0 Å². The summed E-state index contributed by atoms with van der Waals surface area (Å²) in [4.78, 5) is 11.1. The number of rotatable bonds is 4. The molecule has 0 saturated carbocycles. The van der Waals surface area contributed by atoms with E-state index in [0.29, 0.717) is 23.1 Å². The van der Waals surface area contributed by atoms with Crippen LogP contribution >= 0.6 is 15.9 Å². The van der Waals surface area contributed by atoms with Crippen molar-refractivity contribution in [3.05, 3.63) is 33.8 Å². The third-order valence-electron chi connectivity index (χ3n) is 2.28. The molecule has 0 bridgehead atoms. The first kappa shape index (κ1) is 15.0. The lowest BCUT2D eigenvalue weighted by Gasteiger charge is -2.10. The average Bonchev–Trinajstić information content (AvgIpc) is 2.26. The Labute approximate surface area is 111 Å². The average molecular weight is 325 g/mol. The van der Waals surface area contributed by atoms with Gasteiger partial charge in [-0.25, -0.2) is 0 Å². The Bertz CT molecular complexity index is 430. The fourth-order valence-electron chi connectivity index (χ4n) is 1.40. The van der Waals surface area contributed by atoms with Crippen molar-refractivity contribution in [1.29, 1.82) is 0 Å². The normalized spacial score (nSPS) is 11.4. The van der Waals surface area contributed by atoms with E-state index in [4.69, 9.17) is 4.74 Å². The van der Waals surface area contributed by atoms with Crippen LogP contribution in [0.3, 0.4) is 0 Å². The summed E-state index contributed by atoms with van der Waals surface area (Å²) in [5, 5.41) is 0. The molecule has 0 saturated heterocycles. The number of aryl methyl sites for hydroxylation is 1. The Hall–Kier alpha value is -1.04. The molecule has 0 fully saturated rings. The van der Waals surface area contributed by atoms with Crippen LogP contribution in [0.1, 0.15) is 24.5 Å². The van der Waals surface area contributed by atoms with Crippen LogP contribution in [0.5, 0.6) is 0 Å². The standard InChI is InChI=1S/C12H12BrF3O2/c1-2-18-11(17)6-4-8-3-5-9(7-10(8)13)12(14,15)16/h3,5,7H,2,4,6H2,1H3. The molecule has 0 heterocycles. The van der Waals surface area contributed by atoms with E-state index in [2.05, 4.69) is 15.9 Å². The molecular formula is C12H12BrF3O2. The summed E-state index contributed by atoms with van der Waals surface area (Å²) in [6, 6.07) is 3.39. The minimum atomic E-state index is -4.36. The zero-order valence-corrected chi connectivity index (χ0v) is 11.3. The van der Waals surface area contributed by atoms with E-state index in [0.717, 1.165) is 12.1 Å². The molecule has 1 aromatic rings. The van der Waals surface area contributed by atoms with Crippen molar-refractivity contribution in [2.45, 2.75) is 25.9 Å². The van der Waals surface area contributed by atoms with Gasteiger partial charge in [0.05, 0.1) is 12.2 Å². The van der Waals surface area contributed by atoms with Crippen molar-refractivity contribution in [2.75, 3.05) is 6.61 Å². The van der Waals surface area contributed by atoms with Crippen LogP contribution < -0.4 is 0 Å². The molecular weight excluding hydrogens is 313 g/mol. The molecule has 0 spiro atoms. The number of carbonyl (C=O) groups excluding carboxylic acids is 1. The lowest BCUT2D eigenvalue weighted by molar-refractivity contribution is -0.143. The lowest BCUT2D eigenvalue weighted by atomic mass is 10.1. The van der Waals surface area contributed by atoms with Gasteiger partial charge in [0.2, 0.25) is 0 Å². The summed E-state index contributed by atoms with van der Waals surface area (Å²) in [5.41, 5.74) is -0.0645. The van der Waals surface area contributed by atoms with Gasteiger partial charge < -0.3 is 4.74 Å². The molecule has 18 heavy (non-hydrogen) atoms. The molecule has 100 valence electrons. The summed E-state index contributed by atoms with van der Waals surface area (Å²) < 4.78 is 42.4. The summed E-state index contributed by atoms with van der Waals surface area (Å²) in [6.45, 7) is 2.00. The van der Waals surface area contributed by atoms with Crippen LogP contribution in [0, 0.1) is 0 Å². The van der Waals surface area contributed by atoms with Gasteiger partial charge in [0.15, 0.2) is 0 Å². The number of halogens is 4. The van der Waals surface area contributed by atoms with Crippen molar-refractivity contribution in [2.24, 2.45) is 0 Å². The first-order valence-electron chi connectivity index (χ1n) is 5.36. The number of alkyl halides is 3. The highest BCUT2D eigenvalue weighted by Crippen LogP contribution is 2.32. The summed E-state index contributed by atoms with van der Waals surface area (Å²) in [6.07, 6.45) is -3.86. The van der Waals surface area contributed by atoms with Crippen LogP contribution in [-0.4, -0.2) is 12.6 Å². The summed E-state index contributed by atoms with van der Waals surface area (Å²) in [7, 11) is 0. The van der Waals surface area contributed by atoms with Gasteiger partial charge in [0.1, 0.15) is 0 Å². The maximum absolute atomic E-state index is 12.4. The highest BCUT2D eigenvalue weighted by atomic mass is 79.9. The molecule has 0 atom stereocenters. The van der Waals surface area contributed by atoms with Crippen molar-refractivity contribution < 1.29 is 22.7 Å². The van der Waals surface area contributed by atoms with Gasteiger partial charge in [-0.05, 0) is 31.0 Å². The predicted octanol–water partition coefficient (Wildman–Crippen LogP) is 3.96. The minimum absolute atomic E-state index is 0.151. The second kappa shape index (κ2) is 6.22. The monoisotopic (exact) mass is 324 g/mol. The Kier molecular flexibility index (Phi) is 5.19. The molecule has 0 aliphatic heterocycles. The first-order chi connectivity index (χ1) is 8.34. The number of ether oxygens (including phenoxy) is 1. The van der Waals surface area contributed by atoms with E-state index in [1.54, 1.807) is 6.92 Å². The zero-order chi connectivity index (χ0) is 13.8. The molecule has 0 radical (unpaired) electrons. The van der Waals surface area contributed by atoms with Gasteiger partial charge in [-0.1, -0.05) is 22.0 Å². The van der Waals surface area contributed by atoms with Crippen LogP contribution in [-0.2, 0) is 22.1 Å². The van der Waals surface area contributed by atoms with Crippen LogP contribution in [0.4, 0.5) is 13.2 Å². The quantitative estimate of drug-likeness (QED) is 0.783. The number of hydrogen-bond donors (Lipinski definition) is 0. The van der Waals surface area contributed by atoms with Gasteiger partial charge in [-0.3, -0.25) is 4.79 Å². The molecule has 1 rings (SSSR count). The molecule has 1 aromatic carbocycles. The lowest BCUT2D eigenvalue weighted by Crippen LogP contribution is -2.07. The van der Waals surface area contributed by atoms with E-state index in [9.17, 15) is 18.0 Å². The molecule has 0 unspecified atom stereocenters. The molecule has 0 aromatic heterocycles. The van der Waals surface area contributed by atoms with Crippen molar-refractivity contribution in [1.82, 2.24) is 0 Å². The van der Waals surface area contributed by atoms with Crippen molar-refractivity contribution in [3.8, 4) is 0 Å². The van der Waals surface area contributed by atoms with Gasteiger partial charge in [-0.2, -0.15) is 13.2 Å². The topological polar surface area (TPSA) is 26.3 Å². The molecule has 0 N–H and O–H groups in total. The molecule has 6 heteroatoms. The van der Waals surface area contributed by atoms with Gasteiger partial charge in [0, 0.05) is 10.9 Å². The van der Waals surface area contributed by atoms with Crippen molar-refractivity contribution in [3.63, 3.8) is 0 Å². The SMILES string of the molecule is CCOC(=O)CCc1ccc(C(F)(F)F)cc1Br. The highest BCUT2D eigenvalue weighted by molar-refractivity contribution is 9.10. The number of hydrogen-bond acceptors (Lipinski definition) is 2. The first-order valence-corrected chi connectivity index (χ1v) is 6.15. The summed E-state index contributed by atoms with van der Waals surface area (Å²) in [5.74, 6) is -0.357. The van der Waals surface area contributed by atoms with E-state index in [1.807, 2.05) is 0 Å². The van der Waals surface area contributed by atoms with Gasteiger partial charge >= 0.3 is 12.1 Å². The molecule has 0 aliphatic rings. The Balaban J connectivity index is 2.72. The second-order valence-electron chi connectivity index (χ2n) is 3.61. The smallest absolute Gasteiger partial charge is 0.416 e. The second-order valence-corrected chi connectivity index (χ2v) is 4.46. The fraction of sp³-hybridized carbons (Fsp3) is 0.417. The van der Waals surface area contributed by atoms with E-state index < -0.39 is 11.7 Å². The Morgan fingerprint density at radius 2 is 2.06 bits per heavy atom. The third-order valence-corrected chi connectivity index (χ3v) is 3.02. The summed E-state index contributed by atoms with van der Waals surface area (Å²) >= 11 is 3.08. The van der Waals surface area contributed by atoms with E-state index >= 15 is 0 Å². The maximum Gasteiger partial charge on any atom is 0.416 e. The minimum Gasteiger partial charge on any atom is -0.466 e. The predicted molar refractivity (Wildman–Crippen MR) is 64.1 cm³/mol. The third kappa shape index (κ3) is 4.33. The van der Waals surface area contributed by atoms with Crippen molar-refractivity contribution >= 4 is 21.9 Å². The van der Waals surface area contributed by atoms with E-state index in [1.165, 1.54) is 6.07 Å². The number of esters is 1. The highest BCUT2D eigenvalue weighted by Gasteiger charge is 2.30. The zero-order valence-electron chi connectivity index (χ0n) is 9.68. The molecule has 2 nitrogen and oxygen atoms in total. The Morgan fingerprint density at radius 1 is 1.39 bits per heavy atom.